The van der Waals surface area contributed by atoms with E-state index in [4.69, 9.17) is 5.11 Å². The average molecular weight is 241 g/mol. The summed E-state index contributed by atoms with van der Waals surface area (Å²) in [5.41, 5.74) is 0. The molecule has 0 atom stereocenters. The fourth-order valence-corrected chi connectivity index (χ4v) is 1.25. The number of carbonyl (C=O) groups is 2. The number of carboxylic acids is 1. The zero-order valence-corrected chi connectivity index (χ0v) is 9.75. The second kappa shape index (κ2) is 5.83. The van der Waals surface area contributed by atoms with E-state index >= 15 is 0 Å². The van der Waals surface area contributed by atoms with Crippen molar-refractivity contribution in [2.45, 2.75) is 13.0 Å². The molecule has 8 heteroatoms. The van der Waals surface area contributed by atoms with Gasteiger partial charge in [-0.2, -0.15) is 5.10 Å². The number of rotatable bonds is 5. The van der Waals surface area contributed by atoms with E-state index in [1.54, 1.807) is 14.1 Å². The van der Waals surface area contributed by atoms with Crippen molar-refractivity contribution in [3.05, 3.63) is 12.2 Å². The molecule has 2 amide bonds. The molecule has 0 bridgehead atoms. The van der Waals surface area contributed by atoms with E-state index in [-0.39, 0.29) is 19.0 Å². The van der Waals surface area contributed by atoms with E-state index in [1.165, 1.54) is 16.1 Å². The number of nitrogens with zero attached hydrogens (tertiary/aromatic N) is 4. The van der Waals surface area contributed by atoms with Crippen molar-refractivity contribution in [3.63, 3.8) is 0 Å². The minimum Gasteiger partial charge on any atom is -0.481 e. The molecule has 1 aromatic heterocycles. The van der Waals surface area contributed by atoms with E-state index in [1.807, 2.05) is 0 Å². The van der Waals surface area contributed by atoms with Crippen molar-refractivity contribution >= 4 is 12.0 Å². The van der Waals surface area contributed by atoms with Gasteiger partial charge < -0.3 is 14.9 Å². The molecule has 0 aliphatic heterocycles. The van der Waals surface area contributed by atoms with Crippen LogP contribution in [-0.4, -0.2) is 62.7 Å². The lowest BCUT2D eigenvalue weighted by molar-refractivity contribution is -0.137. The van der Waals surface area contributed by atoms with Crippen molar-refractivity contribution in [1.29, 1.82) is 0 Å². The van der Waals surface area contributed by atoms with Crippen LogP contribution in [0.1, 0.15) is 12.2 Å². The third-order valence-corrected chi connectivity index (χ3v) is 2.17. The number of aromatic amines is 1. The predicted octanol–water partition coefficient (Wildman–Crippen LogP) is -0.237. The van der Waals surface area contributed by atoms with Crippen LogP contribution in [-0.2, 0) is 11.3 Å². The highest BCUT2D eigenvalue weighted by molar-refractivity contribution is 5.74. The molecule has 1 heterocycles. The molecule has 0 spiro atoms. The van der Waals surface area contributed by atoms with E-state index in [0.717, 1.165) is 0 Å². The lowest BCUT2D eigenvalue weighted by atomic mass is 10.4. The topological polar surface area (TPSA) is 102 Å². The van der Waals surface area contributed by atoms with Crippen molar-refractivity contribution in [3.8, 4) is 0 Å². The minimum atomic E-state index is -0.928. The van der Waals surface area contributed by atoms with Crippen molar-refractivity contribution < 1.29 is 14.7 Å². The smallest absolute Gasteiger partial charge is 0.319 e. The van der Waals surface area contributed by atoms with Crippen molar-refractivity contribution in [2.24, 2.45) is 0 Å². The maximum absolute atomic E-state index is 11.8. The summed E-state index contributed by atoms with van der Waals surface area (Å²) in [7, 11) is 3.17. The zero-order valence-electron chi connectivity index (χ0n) is 9.75. The van der Waals surface area contributed by atoms with Crippen LogP contribution in [0.3, 0.4) is 0 Å². The summed E-state index contributed by atoms with van der Waals surface area (Å²) in [5.74, 6) is -0.352. The lowest BCUT2D eigenvalue weighted by Gasteiger charge is -2.23. The van der Waals surface area contributed by atoms with Gasteiger partial charge in [0, 0.05) is 20.6 Å². The Hall–Kier alpha value is -2.12. The molecular weight excluding hydrogens is 226 g/mol. The quantitative estimate of drug-likeness (QED) is 0.740. The first kappa shape index (κ1) is 12.9. The Bertz CT molecular complexity index is 378. The first-order chi connectivity index (χ1) is 8.00. The Morgan fingerprint density at radius 1 is 1.41 bits per heavy atom. The Morgan fingerprint density at radius 2 is 2.12 bits per heavy atom. The molecule has 1 rings (SSSR count). The van der Waals surface area contributed by atoms with E-state index in [0.29, 0.717) is 12.4 Å². The average Bonchev–Trinajstić information content (AvgIpc) is 2.77. The number of hydrogen-bond acceptors (Lipinski definition) is 4. The Labute approximate surface area is 98.2 Å². The highest BCUT2D eigenvalue weighted by Gasteiger charge is 2.15. The Morgan fingerprint density at radius 3 is 2.65 bits per heavy atom. The third-order valence-electron chi connectivity index (χ3n) is 2.17. The van der Waals surface area contributed by atoms with E-state index in [9.17, 15) is 9.59 Å². The van der Waals surface area contributed by atoms with Gasteiger partial charge in [0.2, 0.25) is 0 Å². The number of carbonyl (C=O) groups excluding carboxylic acids is 1. The van der Waals surface area contributed by atoms with Crippen LogP contribution >= 0.6 is 0 Å². The zero-order chi connectivity index (χ0) is 12.8. The molecule has 0 fully saturated rings. The summed E-state index contributed by atoms with van der Waals surface area (Å²) < 4.78 is 0. The SMILES string of the molecule is CN(CCC(=O)O)C(=O)N(C)Cc1ncn[nH]1. The first-order valence-electron chi connectivity index (χ1n) is 5.03. The molecule has 1 aromatic rings. The fourth-order valence-electron chi connectivity index (χ4n) is 1.25. The van der Waals surface area contributed by atoms with Crippen LogP contribution in [0.25, 0.3) is 0 Å². The van der Waals surface area contributed by atoms with Crippen LogP contribution in [0, 0.1) is 0 Å². The molecule has 0 saturated heterocycles. The Balaban J connectivity index is 2.42. The van der Waals surface area contributed by atoms with Crippen LogP contribution in [0.4, 0.5) is 4.79 Å². The number of amides is 2. The number of H-pyrrole nitrogens is 1. The highest BCUT2D eigenvalue weighted by Crippen LogP contribution is 2.00. The molecule has 0 radical (unpaired) electrons. The second-order valence-corrected chi connectivity index (χ2v) is 3.64. The third kappa shape index (κ3) is 4.09. The summed E-state index contributed by atoms with van der Waals surface area (Å²) in [6.45, 7) is 0.477. The molecule has 17 heavy (non-hydrogen) atoms. The lowest BCUT2D eigenvalue weighted by Crippen LogP contribution is -2.39. The summed E-state index contributed by atoms with van der Waals surface area (Å²) >= 11 is 0. The molecule has 0 aliphatic carbocycles. The minimum absolute atomic E-state index is 0.0710. The van der Waals surface area contributed by atoms with Gasteiger partial charge in [0.15, 0.2) is 0 Å². The number of nitrogens with one attached hydrogen (secondary N) is 1. The summed E-state index contributed by atoms with van der Waals surface area (Å²) in [6, 6.07) is -0.261. The molecule has 0 aromatic carbocycles. The maximum atomic E-state index is 11.8. The maximum Gasteiger partial charge on any atom is 0.319 e. The van der Waals surface area contributed by atoms with Crippen LogP contribution < -0.4 is 0 Å². The van der Waals surface area contributed by atoms with Crippen molar-refractivity contribution in [1.82, 2.24) is 25.0 Å². The standard InChI is InChI=1S/C9H15N5O3/c1-13(4-3-8(15)16)9(17)14(2)5-7-10-6-11-12-7/h6H,3-5H2,1-2H3,(H,15,16)(H,10,11,12). The number of aliphatic carboxylic acids is 1. The Kier molecular flexibility index (Phi) is 4.44. The molecule has 0 aliphatic rings. The normalized spacial score (nSPS) is 10.0. The number of aromatic nitrogens is 3. The van der Waals surface area contributed by atoms with Gasteiger partial charge in [-0.25, -0.2) is 9.78 Å². The first-order valence-corrected chi connectivity index (χ1v) is 5.03. The number of urea groups is 1. The molecule has 2 N–H and O–H groups in total. The molecular formula is C9H15N5O3. The van der Waals surface area contributed by atoms with Gasteiger partial charge in [0.1, 0.15) is 12.2 Å². The van der Waals surface area contributed by atoms with Gasteiger partial charge >= 0.3 is 12.0 Å². The second-order valence-electron chi connectivity index (χ2n) is 3.64. The van der Waals surface area contributed by atoms with Crippen LogP contribution in [0.2, 0.25) is 0 Å². The van der Waals surface area contributed by atoms with Crippen LogP contribution in [0.15, 0.2) is 6.33 Å². The summed E-state index contributed by atoms with van der Waals surface area (Å²) in [4.78, 5) is 28.8. The van der Waals surface area contributed by atoms with Gasteiger partial charge in [-0.3, -0.25) is 9.89 Å². The van der Waals surface area contributed by atoms with Gasteiger partial charge in [-0.15, -0.1) is 0 Å². The molecule has 94 valence electrons. The number of hydrogen-bond donors (Lipinski definition) is 2. The summed E-state index contributed by atoms with van der Waals surface area (Å²) in [5, 5.41) is 14.8. The monoisotopic (exact) mass is 241 g/mol. The van der Waals surface area contributed by atoms with Gasteiger partial charge in [-0.1, -0.05) is 0 Å². The fraction of sp³-hybridized carbons (Fsp3) is 0.556. The van der Waals surface area contributed by atoms with Gasteiger partial charge in [0.05, 0.1) is 13.0 Å². The largest absolute Gasteiger partial charge is 0.481 e. The molecule has 8 nitrogen and oxygen atoms in total. The summed E-state index contributed by atoms with van der Waals surface area (Å²) in [6.07, 6.45) is 1.29. The van der Waals surface area contributed by atoms with Crippen molar-refractivity contribution in [2.75, 3.05) is 20.6 Å². The van der Waals surface area contributed by atoms with E-state index < -0.39 is 5.97 Å². The van der Waals surface area contributed by atoms with Crippen LogP contribution in [0.5, 0.6) is 0 Å². The van der Waals surface area contributed by atoms with Gasteiger partial charge in [-0.05, 0) is 0 Å². The van der Waals surface area contributed by atoms with Gasteiger partial charge in [0.25, 0.3) is 0 Å². The predicted molar refractivity (Wildman–Crippen MR) is 58.1 cm³/mol. The number of carboxylic acid groups (broad SMARTS) is 1. The van der Waals surface area contributed by atoms with E-state index in [2.05, 4.69) is 15.2 Å². The molecule has 0 unspecified atom stereocenters. The molecule has 0 saturated carbocycles. The highest BCUT2D eigenvalue weighted by atomic mass is 16.4.